The van der Waals surface area contributed by atoms with E-state index in [-0.39, 0.29) is 10.6 Å². The topological polar surface area (TPSA) is 68.1 Å². The van der Waals surface area contributed by atoms with Gasteiger partial charge in [-0.25, -0.2) is 0 Å². The van der Waals surface area contributed by atoms with Crippen molar-refractivity contribution >= 4 is 5.69 Å². The zero-order valence-electron chi connectivity index (χ0n) is 15.8. The van der Waals surface area contributed by atoms with E-state index >= 15 is 0 Å². The lowest BCUT2D eigenvalue weighted by Gasteiger charge is -2.34. The van der Waals surface area contributed by atoms with Crippen molar-refractivity contribution in [2.75, 3.05) is 40.4 Å². The average Bonchev–Trinajstić information content (AvgIpc) is 2.69. The molecule has 0 radical (unpaired) electrons. The number of benzene rings is 2. The van der Waals surface area contributed by atoms with E-state index < -0.39 is 0 Å². The molecule has 3 rings (SSSR count). The van der Waals surface area contributed by atoms with Crippen molar-refractivity contribution in [1.29, 1.82) is 0 Å². The molecule has 1 aliphatic heterocycles. The number of para-hydroxylation sites is 1. The van der Waals surface area contributed by atoms with E-state index in [1.54, 1.807) is 26.4 Å². The molecule has 2 aromatic rings. The molecular formula is C20H25N3O4. The van der Waals surface area contributed by atoms with Crippen LogP contribution in [0.3, 0.4) is 0 Å². The average molecular weight is 371 g/mol. The van der Waals surface area contributed by atoms with Crippen LogP contribution in [0.25, 0.3) is 0 Å². The van der Waals surface area contributed by atoms with Crippen LogP contribution in [-0.4, -0.2) is 55.1 Å². The third kappa shape index (κ3) is 4.75. The third-order valence-corrected chi connectivity index (χ3v) is 4.93. The standard InChI is InChI=1S/C20H25N3O4/c1-26-18-7-8-20(27-2)17(13-18)15-22-11-9-21(10-12-22)14-16-5-3-4-6-19(16)23(24)25/h3-8,13H,9-12,14-15H2,1-2H3. The van der Waals surface area contributed by atoms with E-state index in [0.717, 1.165) is 55.3 Å². The van der Waals surface area contributed by atoms with Crippen LogP contribution >= 0.6 is 0 Å². The highest BCUT2D eigenvalue weighted by atomic mass is 16.6. The Morgan fingerprint density at radius 2 is 1.56 bits per heavy atom. The number of hydrogen-bond acceptors (Lipinski definition) is 6. The Kier molecular flexibility index (Phi) is 6.26. The molecule has 0 spiro atoms. The van der Waals surface area contributed by atoms with Gasteiger partial charge in [0.1, 0.15) is 11.5 Å². The first kappa shape index (κ1) is 19.1. The van der Waals surface area contributed by atoms with Crippen molar-refractivity contribution in [3.63, 3.8) is 0 Å². The summed E-state index contributed by atoms with van der Waals surface area (Å²) in [5.41, 5.74) is 2.07. The zero-order chi connectivity index (χ0) is 19.2. The molecule has 2 aromatic carbocycles. The number of rotatable bonds is 7. The number of methoxy groups -OCH3 is 2. The van der Waals surface area contributed by atoms with Gasteiger partial charge in [-0.05, 0) is 18.2 Å². The lowest BCUT2D eigenvalue weighted by molar-refractivity contribution is -0.385. The number of nitro benzene ring substituents is 1. The second-order valence-electron chi connectivity index (χ2n) is 6.62. The molecular weight excluding hydrogens is 346 g/mol. The summed E-state index contributed by atoms with van der Waals surface area (Å²) in [6, 6.07) is 12.8. The zero-order valence-corrected chi connectivity index (χ0v) is 15.8. The number of ether oxygens (including phenoxy) is 2. The predicted molar refractivity (Wildman–Crippen MR) is 103 cm³/mol. The van der Waals surface area contributed by atoms with E-state index in [1.807, 2.05) is 30.3 Å². The molecule has 0 saturated carbocycles. The minimum Gasteiger partial charge on any atom is -0.497 e. The Morgan fingerprint density at radius 1 is 0.926 bits per heavy atom. The molecule has 1 saturated heterocycles. The van der Waals surface area contributed by atoms with Crippen molar-refractivity contribution in [2.45, 2.75) is 13.1 Å². The Bertz CT molecular complexity index is 789. The van der Waals surface area contributed by atoms with Gasteiger partial charge >= 0.3 is 0 Å². The molecule has 0 atom stereocenters. The van der Waals surface area contributed by atoms with Crippen LogP contribution in [0.1, 0.15) is 11.1 Å². The third-order valence-electron chi connectivity index (χ3n) is 4.93. The Hall–Kier alpha value is -2.64. The van der Waals surface area contributed by atoms with Gasteiger partial charge in [-0.1, -0.05) is 18.2 Å². The van der Waals surface area contributed by atoms with Crippen LogP contribution in [0.5, 0.6) is 11.5 Å². The van der Waals surface area contributed by atoms with Crippen LogP contribution in [0.15, 0.2) is 42.5 Å². The summed E-state index contributed by atoms with van der Waals surface area (Å²) in [6.45, 7) is 4.95. The highest BCUT2D eigenvalue weighted by molar-refractivity contribution is 5.41. The second kappa shape index (κ2) is 8.83. The van der Waals surface area contributed by atoms with Gasteiger partial charge < -0.3 is 9.47 Å². The molecule has 1 heterocycles. The minimum atomic E-state index is -0.305. The fourth-order valence-corrected chi connectivity index (χ4v) is 3.42. The van der Waals surface area contributed by atoms with E-state index in [1.165, 1.54) is 0 Å². The maximum atomic E-state index is 11.2. The monoisotopic (exact) mass is 371 g/mol. The van der Waals surface area contributed by atoms with Crippen LogP contribution in [-0.2, 0) is 13.1 Å². The van der Waals surface area contributed by atoms with Gasteiger partial charge in [0.2, 0.25) is 0 Å². The summed E-state index contributed by atoms with van der Waals surface area (Å²) >= 11 is 0. The first-order valence-corrected chi connectivity index (χ1v) is 8.98. The fraction of sp³-hybridized carbons (Fsp3) is 0.400. The molecule has 1 fully saturated rings. The molecule has 0 aliphatic carbocycles. The summed E-state index contributed by atoms with van der Waals surface area (Å²) < 4.78 is 10.8. The molecule has 0 bridgehead atoms. The molecule has 7 heteroatoms. The van der Waals surface area contributed by atoms with Crippen LogP contribution in [0.2, 0.25) is 0 Å². The van der Waals surface area contributed by atoms with Crippen molar-refractivity contribution in [1.82, 2.24) is 9.80 Å². The fourth-order valence-electron chi connectivity index (χ4n) is 3.42. The van der Waals surface area contributed by atoms with Gasteiger partial charge in [0.15, 0.2) is 0 Å². The van der Waals surface area contributed by atoms with Gasteiger partial charge in [-0.3, -0.25) is 19.9 Å². The van der Waals surface area contributed by atoms with Crippen molar-refractivity contribution in [3.8, 4) is 11.5 Å². The van der Waals surface area contributed by atoms with Crippen LogP contribution in [0, 0.1) is 10.1 Å². The summed E-state index contributed by atoms with van der Waals surface area (Å²) in [7, 11) is 3.34. The number of hydrogen-bond donors (Lipinski definition) is 0. The first-order valence-electron chi connectivity index (χ1n) is 8.98. The Balaban J connectivity index is 1.59. The molecule has 0 N–H and O–H groups in total. The highest BCUT2D eigenvalue weighted by Crippen LogP contribution is 2.26. The number of nitrogens with zero attached hydrogens (tertiary/aromatic N) is 3. The van der Waals surface area contributed by atoms with E-state index in [9.17, 15) is 10.1 Å². The smallest absolute Gasteiger partial charge is 0.273 e. The number of nitro groups is 1. The van der Waals surface area contributed by atoms with E-state index in [4.69, 9.17) is 9.47 Å². The van der Waals surface area contributed by atoms with Crippen LogP contribution < -0.4 is 9.47 Å². The van der Waals surface area contributed by atoms with Gasteiger partial charge in [0, 0.05) is 56.5 Å². The molecule has 144 valence electrons. The van der Waals surface area contributed by atoms with Crippen molar-refractivity contribution < 1.29 is 14.4 Å². The maximum Gasteiger partial charge on any atom is 0.273 e. The number of piperazine rings is 1. The van der Waals surface area contributed by atoms with Gasteiger partial charge in [-0.2, -0.15) is 0 Å². The summed E-state index contributed by atoms with van der Waals surface area (Å²) in [6.07, 6.45) is 0. The van der Waals surface area contributed by atoms with E-state index in [2.05, 4.69) is 9.80 Å². The predicted octanol–water partition coefficient (Wildman–Crippen LogP) is 2.93. The normalized spacial score (nSPS) is 15.5. The molecule has 0 aromatic heterocycles. The molecule has 7 nitrogen and oxygen atoms in total. The second-order valence-corrected chi connectivity index (χ2v) is 6.62. The SMILES string of the molecule is COc1ccc(OC)c(CN2CCN(Cc3ccccc3[N+](=O)[O-])CC2)c1. The van der Waals surface area contributed by atoms with Gasteiger partial charge in [0.25, 0.3) is 5.69 Å². The Labute approximate surface area is 159 Å². The van der Waals surface area contributed by atoms with E-state index in [0.29, 0.717) is 6.54 Å². The lowest BCUT2D eigenvalue weighted by Crippen LogP contribution is -2.45. The molecule has 0 unspecified atom stereocenters. The van der Waals surface area contributed by atoms with Crippen LogP contribution in [0.4, 0.5) is 5.69 Å². The lowest BCUT2D eigenvalue weighted by atomic mass is 10.1. The van der Waals surface area contributed by atoms with Crippen molar-refractivity contribution in [2.24, 2.45) is 0 Å². The quantitative estimate of drug-likeness (QED) is 0.551. The van der Waals surface area contributed by atoms with Crippen molar-refractivity contribution in [3.05, 3.63) is 63.7 Å². The molecule has 1 aliphatic rings. The summed E-state index contributed by atoms with van der Waals surface area (Å²) in [4.78, 5) is 15.5. The largest absolute Gasteiger partial charge is 0.497 e. The summed E-state index contributed by atoms with van der Waals surface area (Å²) in [5, 5.41) is 11.2. The highest BCUT2D eigenvalue weighted by Gasteiger charge is 2.21. The minimum absolute atomic E-state index is 0.195. The van der Waals surface area contributed by atoms with Gasteiger partial charge in [-0.15, -0.1) is 0 Å². The molecule has 0 amide bonds. The Morgan fingerprint density at radius 3 is 2.15 bits per heavy atom. The maximum absolute atomic E-state index is 11.2. The first-order chi connectivity index (χ1) is 13.1. The molecule has 27 heavy (non-hydrogen) atoms. The summed E-state index contributed by atoms with van der Waals surface area (Å²) in [5.74, 6) is 1.68. The van der Waals surface area contributed by atoms with Gasteiger partial charge in [0.05, 0.1) is 19.1 Å².